The summed E-state index contributed by atoms with van der Waals surface area (Å²) in [5, 5.41) is 3.56. The second kappa shape index (κ2) is 4.63. The van der Waals surface area contributed by atoms with Crippen molar-refractivity contribution in [2.75, 3.05) is 19.6 Å². The van der Waals surface area contributed by atoms with Crippen LogP contribution in [0.15, 0.2) is 0 Å². The van der Waals surface area contributed by atoms with Gasteiger partial charge in [-0.25, -0.2) is 0 Å². The van der Waals surface area contributed by atoms with Crippen molar-refractivity contribution in [2.45, 2.75) is 51.6 Å². The molecule has 2 fully saturated rings. The summed E-state index contributed by atoms with van der Waals surface area (Å²) in [4.78, 5) is 2.76. The first-order chi connectivity index (χ1) is 6.77. The molecule has 2 heteroatoms. The van der Waals surface area contributed by atoms with E-state index in [4.69, 9.17) is 0 Å². The van der Waals surface area contributed by atoms with Crippen LogP contribution < -0.4 is 5.32 Å². The van der Waals surface area contributed by atoms with Crippen LogP contribution in [-0.2, 0) is 0 Å². The predicted molar refractivity (Wildman–Crippen MR) is 60.5 cm³/mol. The summed E-state index contributed by atoms with van der Waals surface area (Å²) in [5.41, 5.74) is 0. The van der Waals surface area contributed by atoms with Crippen molar-refractivity contribution in [3.63, 3.8) is 0 Å². The molecule has 0 radical (unpaired) electrons. The molecule has 1 N–H and O–H groups in total. The molecule has 2 unspecified atom stereocenters. The molecule has 2 nitrogen and oxygen atoms in total. The molecule has 1 aliphatic carbocycles. The van der Waals surface area contributed by atoms with E-state index in [0.29, 0.717) is 0 Å². The lowest BCUT2D eigenvalue weighted by molar-refractivity contribution is 0.142. The third kappa shape index (κ3) is 2.29. The fourth-order valence-corrected chi connectivity index (χ4v) is 3.01. The largest absolute Gasteiger partial charge is 0.315 e. The minimum atomic E-state index is 0.739. The van der Waals surface area contributed by atoms with E-state index in [0.717, 1.165) is 18.0 Å². The molecule has 0 aromatic heterocycles. The van der Waals surface area contributed by atoms with Gasteiger partial charge in [-0.05, 0) is 32.2 Å². The maximum atomic E-state index is 3.56. The number of nitrogens with one attached hydrogen (secondary N) is 1. The molecule has 2 atom stereocenters. The summed E-state index contributed by atoms with van der Waals surface area (Å²) in [6, 6.07) is 1.63. The quantitative estimate of drug-likeness (QED) is 0.688. The van der Waals surface area contributed by atoms with Crippen LogP contribution in [0.5, 0.6) is 0 Å². The summed E-state index contributed by atoms with van der Waals surface area (Å²) in [6.45, 7) is 8.43. The lowest BCUT2D eigenvalue weighted by Crippen LogP contribution is -2.43. The van der Waals surface area contributed by atoms with Gasteiger partial charge in [0.2, 0.25) is 0 Å². The Morgan fingerprint density at radius 2 is 1.79 bits per heavy atom. The molecule has 82 valence electrons. The van der Waals surface area contributed by atoms with E-state index in [9.17, 15) is 0 Å². The van der Waals surface area contributed by atoms with Gasteiger partial charge in [0, 0.05) is 25.2 Å². The zero-order valence-corrected chi connectivity index (χ0v) is 9.63. The van der Waals surface area contributed by atoms with Crippen molar-refractivity contribution < 1.29 is 0 Å². The molecular weight excluding hydrogens is 172 g/mol. The second-order valence-electron chi connectivity index (χ2n) is 5.25. The number of hydrogen-bond donors (Lipinski definition) is 1. The molecule has 0 aromatic carbocycles. The fraction of sp³-hybridized carbons (Fsp3) is 1.00. The van der Waals surface area contributed by atoms with E-state index in [1.165, 1.54) is 45.3 Å². The standard InChI is InChI=1S/C12H24N2/c1-10-7-13-8-11(2)14(9-10)12-5-3-4-6-12/h10-13H,3-9H2,1-2H3. The SMILES string of the molecule is CC1CNCC(C)N(C2CCCC2)C1. The summed E-state index contributed by atoms with van der Waals surface area (Å²) in [6.07, 6.45) is 5.79. The van der Waals surface area contributed by atoms with Gasteiger partial charge < -0.3 is 5.32 Å². The van der Waals surface area contributed by atoms with Crippen molar-refractivity contribution in [3.05, 3.63) is 0 Å². The summed E-state index contributed by atoms with van der Waals surface area (Å²) in [5.74, 6) is 0.820. The number of nitrogens with zero attached hydrogens (tertiary/aromatic N) is 1. The molecule has 1 aliphatic heterocycles. The average molecular weight is 196 g/mol. The number of rotatable bonds is 1. The Kier molecular flexibility index (Phi) is 3.45. The van der Waals surface area contributed by atoms with Crippen molar-refractivity contribution in [2.24, 2.45) is 5.92 Å². The molecule has 0 spiro atoms. The first-order valence-electron chi connectivity index (χ1n) is 6.24. The maximum Gasteiger partial charge on any atom is 0.0195 e. The van der Waals surface area contributed by atoms with Gasteiger partial charge in [0.1, 0.15) is 0 Å². The van der Waals surface area contributed by atoms with Gasteiger partial charge >= 0.3 is 0 Å². The van der Waals surface area contributed by atoms with E-state index in [1.807, 2.05) is 0 Å². The summed E-state index contributed by atoms with van der Waals surface area (Å²) < 4.78 is 0. The Balaban J connectivity index is 1.97. The lowest BCUT2D eigenvalue weighted by Gasteiger charge is -2.33. The topological polar surface area (TPSA) is 15.3 Å². The molecule has 2 aliphatic rings. The molecule has 1 saturated heterocycles. The van der Waals surface area contributed by atoms with Gasteiger partial charge in [0.15, 0.2) is 0 Å². The van der Waals surface area contributed by atoms with E-state index in [2.05, 4.69) is 24.1 Å². The van der Waals surface area contributed by atoms with E-state index in [-0.39, 0.29) is 0 Å². The van der Waals surface area contributed by atoms with Crippen molar-refractivity contribution in [1.29, 1.82) is 0 Å². The Bertz CT molecular complexity index is 175. The van der Waals surface area contributed by atoms with Crippen LogP contribution in [0.25, 0.3) is 0 Å². The maximum absolute atomic E-state index is 3.56. The van der Waals surface area contributed by atoms with Gasteiger partial charge in [-0.3, -0.25) is 4.90 Å². The molecule has 0 amide bonds. The van der Waals surface area contributed by atoms with Gasteiger partial charge in [-0.15, -0.1) is 0 Å². The third-order valence-corrected chi connectivity index (χ3v) is 3.81. The fourth-order valence-electron chi connectivity index (χ4n) is 3.01. The average Bonchev–Trinajstić information content (AvgIpc) is 2.61. The Morgan fingerprint density at radius 3 is 2.50 bits per heavy atom. The van der Waals surface area contributed by atoms with Crippen molar-refractivity contribution >= 4 is 0 Å². The minimum Gasteiger partial charge on any atom is -0.315 e. The Morgan fingerprint density at radius 1 is 1.07 bits per heavy atom. The monoisotopic (exact) mass is 196 g/mol. The molecule has 1 saturated carbocycles. The second-order valence-corrected chi connectivity index (χ2v) is 5.25. The van der Waals surface area contributed by atoms with Crippen LogP contribution in [0.2, 0.25) is 0 Å². The van der Waals surface area contributed by atoms with Crippen LogP contribution >= 0.6 is 0 Å². The zero-order chi connectivity index (χ0) is 9.97. The summed E-state index contributed by atoms with van der Waals surface area (Å²) >= 11 is 0. The van der Waals surface area contributed by atoms with Crippen LogP contribution in [0, 0.1) is 5.92 Å². The van der Waals surface area contributed by atoms with Crippen LogP contribution in [0.3, 0.4) is 0 Å². The van der Waals surface area contributed by atoms with Crippen molar-refractivity contribution in [1.82, 2.24) is 10.2 Å². The smallest absolute Gasteiger partial charge is 0.0195 e. The Hall–Kier alpha value is -0.0800. The third-order valence-electron chi connectivity index (χ3n) is 3.81. The highest BCUT2D eigenvalue weighted by Crippen LogP contribution is 2.26. The van der Waals surface area contributed by atoms with E-state index < -0.39 is 0 Å². The highest BCUT2D eigenvalue weighted by Gasteiger charge is 2.28. The highest BCUT2D eigenvalue weighted by atomic mass is 15.2. The first-order valence-corrected chi connectivity index (χ1v) is 6.24. The summed E-state index contributed by atoms with van der Waals surface area (Å²) in [7, 11) is 0. The van der Waals surface area contributed by atoms with Gasteiger partial charge in [-0.1, -0.05) is 19.8 Å². The molecule has 14 heavy (non-hydrogen) atoms. The molecule has 2 rings (SSSR count). The van der Waals surface area contributed by atoms with E-state index >= 15 is 0 Å². The molecule has 0 bridgehead atoms. The molecule has 0 aromatic rings. The van der Waals surface area contributed by atoms with Crippen LogP contribution in [-0.4, -0.2) is 36.6 Å². The van der Waals surface area contributed by atoms with E-state index in [1.54, 1.807) is 0 Å². The first kappa shape index (κ1) is 10.4. The zero-order valence-electron chi connectivity index (χ0n) is 9.63. The lowest BCUT2D eigenvalue weighted by atomic mass is 10.1. The Labute approximate surface area is 88.1 Å². The normalized spacial score (nSPS) is 37.3. The van der Waals surface area contributed by atoms with Crippen LogP contribution in [0.4, 0.5) is 0 Å². The highest BCUT2D eigenvalue weighted by molar-refractivity contribution is 4.85. The molecule has 1 heterocycles. The van der Waals surface area contributed by atoms with Gasteiger partial charge in [0.05, 0.1) is 0 Å². The minimum absolute atomic E-state index is 0.739. The van der Waals surface area contributed by atoms with Crippen molar-refractivity contribution in [3.8, 4) is 0 Å². The van der Waals surface area contributed by atoms with Crippen LogP contribution in [0.1, 0.15) is 39.5 Å². The predicted octanol–water partition coefficient (Wildman–Crippen LogP) is 1.86. The molecular formula is C12H24N2. The van der Waals surface area contributed by atoms with Gasteiger partial charge in [0.25, 0.3) is 0 Å². The number of hydrogen-bond acceptors (Lipinski definition) is 2. The van der Waals surface area contributed by atoms with Gasteiger partial charge in [-0.2, -0.15) is 0 Å².